The van der Waals surface area contributed by atoms with Crippen molar-refractivity contribution in [2.75, 3.05) is 0 Å². The second-order valence-corrected chi connectivity index (χ2v) is 5.11. The fraction of sp³-hybridized carbons (Fsp3) is 0. The van der Waals surface area contributed by atoms with Crippen LogP contribution in [0.5, 0.6) is 0 Å². The van der Waals surface area contributed by atoms with E-state index in [0.29, 0.717) is 9.81 Å². The van der Waals surface area contributed by atoms with Crippen molar-refractivity contribution < 1.29 is 0 Å². The van der Waals surface area contributed by atoms with Crippen molar-refractivity contribution in [1.29, 1.82) is 10.5 Å². The van der Waals surface area contributed by atoms with Crippen LogP contribution in [0.2, 0.25) is 0 Å². The van der Waals surface area contributed by atoms with E-state index in [9.17, 15) is 0 Å². The summed E-state index contributed by atoms with van der Waals surface area (Å²) in [6.45, 7) is 0. The molecule has 0 fully saturated rings. The van der Waals surface area contributed by atoms with Crippen molar-refractivity contribution in [3.63, 3.8) is 0 Å². The number of thioether (sulfide) groups is 2. The summed E-state index contributed by atoms with van der Waals surface area (Å²) < 4.78 is 0.931. The topological polar surface area (TPSA) is 47.6 Å². The Kier molecular flexibility index (Phi) is 5.66. The molecule has 0 atom stereocenters. The summed E-state index contributed by atoms with van der Waals surface area (Å²) in [7, 11) is 0. The van der Waals surface area contributed by atoms with Crippen LogP contribution in [0.4, 0.5) is 0 Å². The van der Waals surface area contributed by atoms with Crippen LogP contribution in [-0.4, -0.2) is 5.37 Å². The zero-order chi connectivity index (χ0) is 11.8. The van der Waals surface area contributed by atoms with E-state index in [1.54, 1.807) is 6.08 Å². The minimum atomic E-state index is 0.474. The van der Waals surface area contributed by atoms with Crippen molar-refractivity contribution in [2.24, 2.45) is 0 Å². The molecule has 0 aromatic rings. The van der Waals surface area contributed by atoms with Crippen LogP contribution in [0.15, 0.2) is 44.4 Å². The summed E-state index contributed by atoms with van der Waals surface area (Å²) in [5.41, 5.74) is 0. The minimum absolute atomic E-state index is 0.474. The molecule has 1 rings (SSSR count). The molecule has 2 nitrogen and oxygen atoms in total. The van der Waals surface area contributed by atoms with Gasteiger partial charge in [0.1, 0.15) is 21.9 Å². The first-order valence-corrected chi connectivity index (χ1v) is 6.31. The lowest BCUT2D eigenvalue weighted by Crippen LogP contribution is -1.66. The normalized spacial score (nSPS) is 15.5. The van der Waals surface area contributed by atoms with Crippen LogP contribution in [0, 0.1) is 22.7 Å². The smallest absolute Gasteiger partial charge is 0.115 e. The van der Waals surface area contributed by atoms with Crippen LogP contribution >= 0.6 is 35.7 Å². The minimum Gasteiger partial charge on any atom is -0.192 e. The number of allylic oxidation sites excluding steroid dienone is 7. The van der Waals surface area contributed by atoms with Gasteiger partial charge >= 0.3 is 0 Å². The maximum absolute atomic E-state index is 8.76. The van der Waals surface area contributed by atoms with E-state index in [4.69, 9.17) is 10.5 Å². The second kappa shape index (κ2) is 7.08. The molecule has 0 saturated carbocycles. The van der Waals surface area contributed by atoms with Gasteiger partial charge in [0, 0.05) is 5.37 Å². The van der Waals surface area contributed by atoms with Gasteiger partial charge in [0.05, 0.1) is 4.24 Å². The summed E-state index contributed by atoms with van der Waals surface area (Å²) in [5, 5.41) is 19.1. The van der Waals surface area contributed by atoms with E-state index in [1.165, 1.54) is 28.9 Å². The maximum atomic E-state index is 8.76. The number of hydrogen-bond donors (Lipinski definition) is 0. The Morgan fingerprint density at radius 1 is 0.938 bits per heavy atom. The Bertz CT molecular complexity index is 456. The fourth-order valence-corrected chi connectivity index (χ4v) is 2.91. The number of thiocarbonyl (C=S) groups is 1. The van der Waals surface area contributed by atoms with Crippen LogP contribution in [-0.2, 0) is 0 Å². The molecule has 0 N–H and O–H groups in total. The van der Waals surface area contributed by atoms with Crippen LogP contribution in [0.1, 0.15) is 0 Å². The molecular weight excluding hydrogens is 256 g/mol. The highest BCUT2D eigenvalue weighted by molar-refractivity contribution is 8.28. The van der Waals surface area contributed by atoms with E-state index >= 15 is 0 Å². The van der Waals surface area contributed by atoms with Gasteiger partial charge in [0.2, 0.25) is 0 Å². The summed E-state index contributed by atoms with van der Waals surface area (Å²) in [5.74, 6) is 0. The van der Waals surface area contributed by atoms with E-state index in [0.717, 1.165) is 4.24 Å². The van der Waals surface area contributed by atoms with E-state index in [-0.39, 0.29) is 0 Å². The average Bonchev–Trinajstić information content (AvgIpc) is 2.71. The third kappa shape index (κ3) is 3.71. The molecule has 0 amide bonds. The lowest BCUT2D eigenvalue weighted by atomic mass is 10.4. The lowest BCUT2D eigenvalue weighted by Gasteiger charge is -1.88. The molecule has 1 aliphatic rings. The molecular formula is C11H6N2S3. The molecule has 1 heterocycles. The van der Waals surface area contributed by atoms with Crippen LogP contribution < -0.4 is 0 Å². The predicted octanol–water partition coefficient (Wildman–Crippen LogP) is 3.68. The SMILES string of the molecule is N#CC1=C(C#N)SC(=C/C=C/C=C/C=S)S1. The highest BCUT2D eigenvalue weighted by Crippen LogP contribution is 2.48. The molecule has 78 valence electrons. The monoisotopic (exact) mass is 262 g/mol. The Labute approximate surface area is 108 Å². The van der Waals surface area contributed by atoms with Gasteiger partial charge in [-0.2, -0.15) is 10.5 Å². The third-order valence-corrected chi connectivity index (χ3v) is 3.92. The molecule has 1 aliphatic heterocycles. The predicted molar refractivity (Wildman–Crippen MR) is 73.5 cm³/mol. The standard InChI is InChI=1S/C11H6N2S3/c12-7-9-10(8-13)16-11(15-9)5-3-1-2-4-6-14/h1-6H/b3-1+,4-2+. The molecule has 0 aromatic carbocycles. The largest absolute Gasteiger partial charge is 0.192 e. The fourth-order valence-electron chi connectivity index (χ4n) is 0.838. The highest BCUT2D eigenvalue weighted by Gasteiger charge is 2.19. The van der Waals surface area contributed by atoms with Gasteiger partial charge in [-0.05, 0) is 6.08 Å². The molecule has 0 aromatic heterocycles. The number of rotatable bonds is 3. The van der Waals surface area contributed by atoms with E-state index < -0.39 is 0 Å². The first kappa shape index (κ1) is 12.8. The molecule has 0 unspecified atom stereocenters. The van der Waals surface area contributed by atoms with Crippen LogP contribution in [0.25, 0.3) is 0 Å². The summed E-state index contributed by atoms with van der Waals surface area (Å²) in [6, 6.07) is 4.01. The van der Waals surface area contributed by atoms with Gasteiger partial charge in [-0.3, -0.25) is 0 Å². The second-order valence-electron chi connectivity index (χ2n) is 2.48. The van der Waals surface area contributed by atoms with Gasteiger partial charge in [0.15, 0.2) is 0 Å². The van der Waals surface area contributed by atoms with E-state index in [2.05, 4.69) is 12.2 Å². The Hall–Kier alpha value is -1.27. The van der Waals surface area contributed by atoms with Gasteiger partial charge in [-0.1, -0.05) is 60.0 Å². The molecule has 0 aliphatic carbocycles. The van der Waals surface area contributed by atoms with Crippen molar-refractivity contribution in [3.05, 3.63) is 44.4 Å². The zero-order valence-electron chi connectivity index (χ0n) is 8.08. The maximum Gasteiger partial charge on any atom is 0.115 e. The molecule has 0 bridgehead atoms. The van der Waals surface area contributed by atoms with Crippen LogP contribution in [0.3, 0.4) is 0 Å². The zero-order valence-corrected chi connectivity index (χ0v) is 10.5. The Balaban J connectivity index is 2.63. The summed E-state index contributed by atoms with van der Waals surface area (Å²) >= 11 is 7.27. The quantitative estimate of drug-likeness (QED) is 0.441. The summed E-state index contributed by atoms with van der Waals surface area (Å²) in [6.07, 6.45) is 9.12. The van der Waals surface area contributed by atoms with Crippen molar-refractivity contribution in [2.45, 2.75) is 0 Å². The molecule has 5 heteroatoms. The highest BCUT2D eigenvalue weighted by atomic mass is 32.2. The van der Waals surface area contributed by atoms with Gasteiger partial charge in [0.25, 0.3) is 0 Å². The van der Waals surface area contributed by atoms with Gasteiger partial charge in [-0.25, -0.2) is 0 Å². The number of nitrogens with zero attached hydrogens (tertiary/aromatic N) is 2. The van der Waals surface area contributed by atoms with Crippen molar-refractivity contribution in [3.8, 4) is 12.1 Å². The number of nitriles is 2. The van der Waals surface area contributed by atoms with Gasteiger partial charge < -0.3 is 0 Å². The average molecular weight is 262 g/mol. The lowest BCUT2D eigenvalue weighted by molar-refractivity contribution is 1.50. The third-order valence-electron chi connectivity index (χ3n) is 1.46. The first-order chi connectivity index (χ1) is 7.81. The first-order valence-electron chi connectivity index (χ1n) is 4.20. The van der Waals surface area contributed by atoms with Crippen molar-refractivity contribution in [1.82, 2.24) is 0 Å². The molecule has 0 spiro atoms. The van der Waals surface area contributed by atoms with Gasteiger partial charge in [-0.15, -0.1) is 0 Å². The Morgan fingerprint density at radius 2 is 1.50 bits per heavy atom. The van der Waals surface area contributed by atoms with E-state index in [1.807, 2.05) is 36.4 Å². The summed E-state index contributed by atoms with van der Waals surface area (Å²) in [4.78, 5) is 0.947. The molecule has 0 saturated heterocycles. The Morgan fingerprint density at radius 3 is 2.00 bits per heavy atom. The number of hydrogen-bond acceptors (Lipinski definition) is 5. The molecule has 16 heavy (non-hydrogen) atoms. The molecule has 0 radical (unpaired) electrons. The van der Waals surface area contributed by atoms with Crippen molar-refractivity contribution >= 4 is 41.1 Å².